The number of anilines is 1. The van der Waals surface area contributed by atoms with Crippen LogP contribution in [0.2, 0.25) is 15.1 Å². The number of hydrogen-bond donors (Lipinski definition) is 3. The maximum absolute atomic E-state index is 12.9. The molecule has 0 radical (unpaired) electrons. The summed E-state index contributed by atoms with van der Waals surface area (Å²) in [6.07, 6.45) is 0.860. The fourth-order valence-corrected chi connectivity index (χ4v) is 5.21. The van der Waals surface area contributed by atoms with Crippen molar-refractivity contribution < 1.29 is 14.4 Å². The van der Waals surface area contributed by atoms with Crippen molar-refractivity contribution in [1.29, 1.82) is 5.26 Å². The minimum Gasteiger partial charge on any atom is -0.326 e. The van der Waals surface area contributed by atoms with E-state index in [1.165, 1.54) is 18.2 Å². The Labute approximate surface area is 219 Å². The Morgan fingerprint density at radius 1 is 0.971 bits per heavy atom. The SMILES string of the molecule is N#CC1(C(=O)NNC(=O)c2cc(NC(=O)C3C(c4cc(Cl)cc(Cl)c4)C3(Cl)Cl)ccc2Cl)CC1. The number of amides is 3. The number of nitrogens with zero attached hydrogens (tertiary/aromatic N) is 1. The van der Waals surface area contributed by atoms with Gasteiger partial charge in [-0.05, 0) is 54.8 Å². The molecule has 7 nitrogen and oxygen atoms in total. The molecule has 0 heterocycles. The van der Waals surface area contributed by atoms with Crippen LogP contribution in [0.25, 0.3) is 0 Å². The third kappa shape index (κ3) is 4.79. The van der Waals surface area contributed by atoms with Gasteiger partial charge in [0.25, 0.3) is 11.8 Å². The van der Waals surface area contributed by atoms with E-state index in [1.54, 1.807) is 18.2 Å². The van der Waals surface area contributed by atoms with Gasteiger partial charge in [-0.3, -0.25) is 25.2 Å². The fraction of sp³-hybridized carbons (Fsp3) is 0.273. The van der Waals surface area contributed by atoms with Gasteiger partial charge in [0.05, 0.1) is 22.6 Å². The van der Waals surface area contributed by atoms with Crippen LogP contribution in [0.5, 0.6) is 0 Å². The van der Waals surface area contributed by atoms with E-state index in [9.17, 15) is 14.4 Å². The topological polar surface area (TPSA) is 111 Å². The molecule has 2 atom stereocenters. The van der Waals surface area contributed by atoms with Crippen LogP contribution in [0.3, 0.4) is 0 Å². The van der Waals surface area contributed by atoms with Crippen molar-refractivity contribution in [3.63, 3.8) is 0 Å². The quantitative estimate of drug-likeness (QED) is 0.343. The Kier molecular flexibility index (Phi) is 6.67. The molecule has 0 bridgehead atoms. The molecule has 0 aromatic heterocycles. The van der Waals surface area contributed by atoms with Crippen molar-refractivity contribution in [2.24, 2.45) is 11.3 Å². The summed E-state index contributed by atoms with van der Waals surface area (Å²) in [5, 5.41) is 12.6. The smallest absolute Gasteiger partial charge is 0.271 e. The van der Waals surface area contributed by atoms with Crippen molar-refractivity contribution >= 4 is 81.4 Å². The Morgan fingerprint density at radius 3 is 2.21 bits per heavy atom. The van der Waals surface area contributed by atoms with Crippen molar-refractivity contribution in [1.82, 2.24) is 10.9 Å². The van der Waals surface area contributed by atoms with Crippen LogP contribution in [0.15, 0.2) is 36.4 Å². The third-order valence-corrected chi connectivity index (χ3v) is 7.45. The lowest BCUT2D eigenvalue weighted by Crippen LogP contribution is -2.45. The molecule has 12 heteroatoms. The molecule has 2 aromatic carbocycles. The van der Waals surface area contributed by atoms with E-state index in [-0.39, 0.29) is 16.3 Å². The van der Waals surface area contributed by atoms with Crippen LogP contribution < -0.4 is 16.2 Å². The number of benzene rings is 2. The second kappa shape index (κ2) is 9.10. The highest BCUT2D eigenvalue weighted by atomic mass is 35.5. The van der Waals surface area contributed by atoms with Gasteiger partial charge in [-0.25, -0.2) is 0 Å². The molecule has 0 aliphatic heterocycles. The zero-order chi connectivity index (χ0) is 24.8. The molecule has 2 aromatic rings. The molecule has 34 heavy (non-hydrogen) atoms. The van der Waals surface area contributed by atoms with E-state index >= 15 is 0 Å². The molecular weight excluding hydrogens is 546 g/mol. The normalized spacial score (nSPS) is 21.1. The van der Waals surface area contributed by atoms with Gasteiger partial charge in [0.1, 0.15) is 9.75 Å². The van der Waals surface area contributed by atoms with Gasteiger partial charge in [0.2, 0.25) is 5.91 Å². The molecular formula is C22H15Cl5N4O3. The number of alkyl halides is 2. The average molecular weight is 561 g/mol. The Morgan fingerprint density at radius 2 is 1.62 bits per heavy atom. The van der Waals surface area contributed by atoms with Crippen LogP contribution in [-0.2, 0) is 9.59 Å². The largest absolute Gasteiger partial charge is 0.326 e. The zero-order valence-corrected chi connectivity index (χ0v) is 20.9. The number of rotatable bonds is 5. The Hall–Kier alpha value is -2.21. The lowest BCUT2D eigenvalue weighted by Gasteiger charge is -2.12. The second-order valence-electron chi connectivity index (χ2n) is 8.12. The minimum absolute atomic E-state index is 0.00134. The molecule has 2 fully saturated rings. The van der Waals surface area contributed by atoms with E-state index in [1.807, 2.05) is 6.07 Å². The van der Waals surface area contributed by atoms with E-state index < -0.39 is 39.3 Å². The van der Waals surface area contributed by atoms with Crippen LogP contribution in [0.1, 0.15) is 34.7 Å². The molecule has 3 amide bonds. The van der Waals surface area contributed by atoms with Crippen molar-refractivity contribution in [2.45, 2.75) is 23.1 Å². The number of carbonyl (C=O) groups excluding carboxylic acids is 3. The number of hydrogen-bond acceptors (Lipinski definition) is 4. The number of hydrazine groups is 1. The van der Waals surface area contributed by atoms with Crippen molar-refractivity contribution in [2.75, 3.05) is 5.32 Å². The summed E-state index contributed by atoms with van der Waals surface area (Å²) in [6, 6.07) is 11.0. The summed E-state index contributed by atoms with van der Waals surface area (Å²) in [4.78, 5) is 37.5. The predicted octanol–water partition coefficient (Wildman–Crippen LogP) is 5.24. The van der Waals surface area contributed by atoms with Crippen LogP contribution >= 0.6 is 58.0 Å². The molecule has 2 aliphatic rings. The van der Waals surface area contributed by atoms with Gasteiger partial charge in [-0.2, -0.15) is 5.26 Å². The average Bonchev–Trinajstić information content (AvgIpc) is 3.67. The van der Waals surface area contributed by atoms with E-state index in [4.69, 9.17) is 63.3 Å². The first-order valence-electron chi connectivity index (χ1n) is 9.95. The summed E-state index contributed by atoms with van der Waals surface area (Å²) in [5.41, 5.74) is 4.25. The first-order valence-corrected chi connectivity index (χ1v) is 11.8. The second-order valence-corrected chi connectivity index (χ2v) is 10.8. The molecule has 0 saturated heterocycles. The molecule has 0 spiro atoms. The highest BCUT2D eigenvalue weighted by Crippen LogP contribution is 2.65. The molecule has 2 aliphatic carbocycles. The lowest BCUT2D eigenvalue weighted by atomic mass is 10.1. The first-order chi connectivity index (χ1) is 16.0. The minimum atomic E-state index is -1.37. The van der Waals surface area contributed by atoms with Gasteiger partial charge in [-0.1, -0.05) is 34.8 Å². The van der Waals surface area contributed by atoms with Gasteiger partial charge in [0, 0.05) is 21.7 Å². The maximum atomic E-state index is 12.9. The first kappa shape index (κ1) is 24.9. The summed E-state index contributed by atoms with van der Waals surface area (Å²) in [5.74, 6) is -3.11. The maximum Gasteiger partial charge on any atom is 0.271 e. The number of carbonyl (C=O) groups is 3. The van der Waals surface area contributed by atoms with E-state index in [0.717, 1.165) is 0 Å². The standard InChI is InChI=1S/C22H15Cl5N4O3/c23-11-5-10(6-12(24)7-11)16-17(22(16,26)27)19(33)29-13-1-2-15(25)14(8-13)18(32)30-31-20(34)21(9-28)3-4-21/h1-2,5-8,16-17H,3-4H2,(H,29,33)(H,30,32)(H,31,34). The summed E-state index contributed by atoms with van der Waals surface area (Å²) < 4.78 is -1.37. The highest BCUT2D eigenvalue weighted by molar-refractivity contribution is 6.53. The van der Waals surface area contributed by atoms with Crippen LogP contribution in [0, 0.1) is 22.7 Å². The molecule has 4 rings (SSSR count). The third-order valence-electron chi connectivity index (χ3n) is 5.75. The highest BCUT2D eigenvalue weighted by Gasteiger charge is 2.67. The Balaban J connectivity index is 1.44. The number of nitriles is 1. The van der Waals surface area contributed by atoms with Gasteiger partial charge in [0.15, 0.2) is 0 Å². The Bertz CT molecular complexity index is 1240. The predicted molar refractivity (Wildman–Crippen MR) is 130 cm³/mol. The van der Waals surface area contributed by atoms with Crippen molar-refractivity contribution in [3.05, 3.63) is 62.6 Å². The van der Waals surface area contributed by atoms with Crippen molar-refractivity contribution in [3.8, 4) is 6.07 Å². The zero-order valence-electron chi connectivity index (χ0n) is 17.1. The van der Waals surface area contributed by atoms with E-state index in [2.05, 4.69) is 16.2 Å². The number of halogens is 5. The number of nitrogens with one attached hydrogen (secondary N) is 3. The summed E-state index contributed by atoms with van der Waals surface area (Å²) in [7, 11) is 0. The lowest BCUT2D eigenvalue weighted by molar-refractivity contribution is -0.125. The van der Waals surface area contributed by atoms with Gasteiger partial charge < -0.3 is 5.32 Å². The molecule has 2 saturated carbocycles. The van der Waals surface area contributed by atoms with Crippen LogP contribution in [0.4, 0.5) is 5.69 Å². The van der Waals surface area contributed by atoms with Crippen LogP contribution in [-0.4, -0.2) is 22.1 Å². The van der Waals surface area contributed by atoms with E-state index in [0.29, 0.717) is 28.5 Å². The molecule has 176 valence electrons. The monoisotopic (exact) mass is 558 g/mol. The van der Waals surface area contributed by atoms with Gasteiger partial charge in [-0.15, -0.1) is 23.2 Å². The fourth-order valence-electron chi connectivity index (χ4n) is 3.63. The summed E-state index contributed by atoms with van der Waals surface area (Å²) in [6.45, 7) is 0. The van der Waals surface area contributed by atoms with Gasteiger partial charge >= 0.3 is 0 Å². The summed E-state index contributed by atoms with van der Waals surface area (Å²) >= 11 is 31.0. The molecule has 3 N–H and O–H groups in total. The molecule has 2 unspecified atom stereocenters.